The Labute approximate surface area is 126 Å². The Morgan fingerprint density at radius 2 is 2.00 bits per heavy atom. The van der Waals surface area contributed by atoms with Crippen molar-refractivity contribution in [3.8, 4) is 6.07 Å². The van der Waals surface area contributed by atoms with Crippen molar-refractivity contribution in [2.45, 2.75) is 13.8 Å². The zero-order valence-corrected chi connectivity index (χ0v) is 12.4. The van der Waals surface area contributed by atoms with Crippen LogP contribution in [0.15, 0.2) is 30.3 Å². The topological polar surface area (TPSA) is 52.9 Å². The third-order valence-electron chi connectivity index (χ3n) is 3.03. The van der Waals surface area contributed by atoms with E-state index in [1.54, 1.807) is 18.2 Å². The van der Waals surface area contributed by atoms with Crippen LogP contribution in [0, 0.1) is 31.0 Å². The van der Waals surface area contributed by atoms with Gasteiger partial charge in [0.05, 0.1) is 5.56 Å². The van der Waals surface area contributed by atoms with Gasteiger partial charge in [-0.1, -0.05) is 12.1 Å². The van der Waals surface area contributed by atoms with Crippen LogP contribution in [0.2, 0.25) is 0 Å². The molecule has 2 rings (SSSR count). The fourth-order valence-corrected chi connectivity index (χ4v) is 2.76. The zero-order chi connectivity index (χ0) is 15.4. The van der Waals surface area contributed by atoms with Crippen molar-refractivity contribution in [1.82, 2.24) is 0 Å². The van der Waals surface area contributed by atoms with Crippen molar-refractivity contribution in [2.75, 3.05) is 5.32 Å². The fourth-order valence-electron chi connectivity index (χ4n) is 1.75. The number of nitrogens with one attached hydrogen (secondary N) is 1. The van der Waals surface area contributed by atoms with Gasteiger partial charge in [0.2, 0.25) is 5.91 Å². The summed E-state index contributed by atoms with van der Waals surface area (Å²) in [6.45, 7) is 3.76. The minimum Gasteiger partial charge on any atom is -0.313 e. The Morgan fingerprint density at radius 3 is 2.62 bits per heavy atom. The number of hydrogen-bond acceptors (Lipinski definition) is 3. The van der Waals surface area contributed by atoms with E-state index in [2.05, 4.69) is 11.4 Å². The smallest absolute Gasteiger partial charge is 0.249 e. The highest BCUT2D eigenvalue weighted by molar-refractivity contribution is 7.16. The summed E-state index contributed by atoms with van der Waals surface area (Å²) < 4.78 is 12.8. The molecule has 0 aliphatic heterocycles. The van der Waals surface area contributed by atoms with Crippen molar-refractivity contribution in [3.63, 3.8) is 0 Å². The van der Waals surface area contributed by atoms with E-state index in [4.69, 9.17) is 5.26 Å². The summed E-state index contributed by atoms with van der Waals surface area (Å²) >= 11 is 1.38. The lowest BCUT2D eigenvalue weighted by atomic mass is 10.2. The highest BCUT2D eigenvalue weighted by Gasteiger charge is 2.13. The number of thiophene rings is 1. The molecule has 2 aromatic rings. The fraction of sp³-hybridized carbons (Fsp3) is 0.125. The minimum atomic E-state index is -0.322. The predicted molar refractivity (Wildman–Crippen MR) is 82.6 cm³/mol. The maximum atomic E-state index is 12.8. The lowest BCUT2D eigenvalue weighted by molar-refractivity contribution is -0.111. The molecule has 3 nitrogen and oxygen atoms in total. The molecule has 1 N–H and O–H groups in total. The summed E-state index contributed by atoms with van der Waals surface area (Å²) in [6, 6.07) is 7.93. The lowest BCUT2D eigenvalue weighted by Crippen LogP contribution is -2.07. The molecule has 1 aromatic carbocycles. The average molecular weight is 300 g/mol. The van der Waals surface area contributed by atoms with Crippen molar-refractivity contribution in [1.29, 1.82) is 5.26 Å². The monoisotopic (exact) mass is 300 g/mol. The van der Waals surface area contributed by atoms with Gasteiger partial charge < -0.3 is 5.32 Å². The molecular weight excluding hydrogens is 287 g/mol. The molecule has 0 saturated heterocycles. The number of rotatable bonds is 3. The van der Waals surface area contributed by atoms with Crippen LogP contribution in [0.25, 0.3) is 6.08 Å². The number of carbonyl (C=O) groups is 1. The number of nitriles is 1. The molecular formula is C16H13FN2OS. The van der Waals surface area contributed by atoms with Gasteiger partial charge in [0.15, 0.2) is 0 Å². The van der Waals surface area contributed by atoms with Crippen LogP contribution in [-0.2, 0) is 4.79 Å². The Balaban J connectivity index is 2.10. The first-order valence-electron chi connectivity index (χ1n) is 6.26. The number of benzene rings is 1. The molecule has 1 heterocycles. The minimum absolute atomic E-state index is 0.320. The normalized spacial score (nSPS) is 10.6. The van der Waals surface area contributed by atoms with Gasteiger partial charge in [-0.2, -0.15) is 5.26 Å². The molecule has 0 radical (unpaired) electrons. The Bertz CT molecular complexity index is 739. The van der Waals surface area contributed by atoms with E-state index in [0.29, 0.717) is 10.6 Å². The molecule has 1 amide bonds. The standard InChI is InChI=1S/C16H13FN2OS/c1-10-11(2)21-16(14(10)9-18)19-15(20)8-5-12-3-6-13(17)7-4-12/h3-8H,1-2H3,(H,19,20). The van der Waals surface area contributed by atoms with Gasteiger partial charge in [-0.3, -0.25) is 4.79 Å². The van der Waals surface area contributed by atoms with E-state index in [9.17, 15) is 9.18 Å². The summed E-state index contributed by atoms with van der Waals surface area (Å²) in [7, 11) is 0. The predicted octanol–water partition coefficient (Wildman–Crippen LogP) is 4.03. The second kappa shape index (κ2) is 6.33. The molecule has 106 valence electrons. The van der Waals surface area contributed by atoms with Gasteiger partial charge in [0, 0.05) is 11.0 Å². The maximum Gasteiger partial charge on any atom is 0.249 e. The van der Waals surface area contributed by atoms with Crippen LogP contribution in [0.5, 0.6) is 0 Å². The molecule has 5 heteroatoms. The quantitative estimate of drug-likeness (QED) is 0.870. The third-order valence-corrected chi connectivity index (χ3v) is 4.15. The average Bonchev–Trinajstić information content (AvgIpc) is 2.72. The van der Waals surface area contributed by atoms with Crippen LogP contribution in [0.4, 0.5) is 9.39 Å². The van der Waals surface area contributed by atoms with E-state index in [0.717, 1.165) is 16.0 Å². The van der Waals surface area contributed by atoms with E-state index in [-0.39, 0.29) is 11.7 Å². The largest absolute Gasteiger partial charge is 0.313 e. The highest BCUT2D eigenvalue weighted by Crippen LogP contribution is 2.31. The molecule has 0 fully saturated rings. The second-order valence-corrected chi connectivity index (χ2v) is 5.70. The molecule has 21 heavy (non-hydrogen) atoms. The second-order valence-electron chi connectivity index (χ2n) is 4.47. The van der Waals surface area contributed by atoms with Gasteiger partial charge in [0.1, 0.15) is 16.9 Å². The highest BCUT2D eigenvalue weighted by atomic mass is 32.1. The van der Waals surface area contributed by atoms with Gasteiger partial charge in [-0.25, -0.2) is 4.39 Å². The van der Waals surface area contributed by atoms with E-state index in [1.807, 2.05) is 13.8 Å². The first-order chi connectivity index (χ1) is 10.0. The van der Waals surface area contributed by atoms with Gasteiger partial charge in [-0.05, 0) is 43.2 Å². The van der Waals surface area contributed by atoms with Gasteiger partial charge in [0.25, 0.3) is 0 Å². The number of halogens is 1. The Hall–Kier alpha value is -2.45. The van der Waals surface area contributed by atoms with Crippen molar-refractivity contribution in [3.05, 3.63) is 57.7 Å². The van der Waals surface area contributed by atoms with Gasteiger partial charge in [-0.15, -0.1) is 11.3 Å². The number of hydrogen-bond donors (Lipinski definition) is 1. The van der Waals surface area contributed by atoms with Crippen LogP contribution >= 0.6 is 11.3 Å². The van der Waals surface area contributed by atoms with Crippen LogP contribution in [0.3, 0.4) is 0 Å². The van der Waals surface area contributed by atoms with Crippen LogP contribution in [0.1, 0.15) is 21.6 Å². The number of amides is 1. The van der Waals surface area contributed by atoms with E-state index < -0.39 is 0 Å². The molecule has 0 aliphatic rings. The number of aryl methyl sites for hydroxylation is 1. The maximum absolute atomic E-state index is 12.8. The Kier molecular flexibility index (Phi) is 4.51. The van der Waals surface area contributed by atoms with E-state index in [1.165, 1.54) is 29.5 Å². The molecule has 0 bridgehead atoms. The summed E-state index contributed by atoms with van der Waals surface area (Å²) in [6.07, 6.45) is 2.95. The molecule has 0 atom stereocenters. The summed E-state index contributed by atoms with van der Waals surface area (Å²) in [5.41, 5.74) is 2.12. The van der Waals surface area contributed by atoms with Crippen molar-refractivity contribution < 1.29 is 9.18 Å². The first kappa shape index (κ1) is 14.9. The first-order valence-corrected chi connectivity index (χ1v) is 7.07. The van der Waals surface area contributed by atoms with Crippen molar-refractivity contribution in [2.24, 2.45) is 0 Å². The molecule has 0 saturated carbocycles. The number of nitrogens with zero attached hydrogens (tertiary/aromatic N) is 1. The van der Waals surface area contributed by atoms with Crippen LogP contribution in [-0.4, -0.2) is 5.91 Å². The number of carbonyl (C=O) groups excluding carboxylic acids is 1. The molecule has 1 aromatic heterocycles. The Morgan fingerprint density at radius 1 is 1.33 bits per heavy atom. The lowest BCUT2D eigenvalue weighted by Gasteiger charge is -1.99. The number of anilines is 1. The zero-order valence-electron chi connectivity index (χ0n) is 11.6. The summed E-state index contributed by atoms with van der Waals surface area (Å²) in [5, 5.41) is 12.4. The third kappa shape index (κ3) is 3.56. The van der Waals surface area contributed by atoms with Crippen molar-refractivity contribution >= 4 is 28.3 Å². The molecule has 0 aliphatic carbocycles. The van der Waals surface area contributed by atoms with E-state index >= 15 is 0 Å². The summed E-state index contributed by atoms with van der Waals surface area (Å²) in [4.78, 5) is 12.9. The molecule has 0 spiro atoms. The van der Waals surface area contributed by atoms with Gasteiger partial charge >= 0.3 is 0 Å². The summed E-state index contributed by atoms with van der Waals surface area (Å²) in [5.74, 6) is -0.642. The molecule has 0 unspecified atom stereocenters. The van der Waals surface area contributed by atoms with Crippen LogP contribution < -0.4 is 5.32 Å². The SMILES string of the molecule is Cc1sc(NC(=O)C=Cc2ccc(F)cc2)c(C#N)c1C.